The number of carbonyl (C=O) groups is 2. The van der Waals surface area contributed by atoms with Gasteiger partial charge in [-0.15, -0.1) is 11.3 Å². The van der Waals surface area contributed by atoms with Crippen molar-refractivity contribution in [2.45, 2.75) is 13.0 Å². The number of nitrogens with one attached hydrogen (secondary N) is 1. The predicted octanol–water partition coefficient (Wildman–Crippen LogP) is 3.67. The topological polar surface area (TPSA) is 81.4 Å². The molecule has 23 heavy (non-hydrogen) atoms. The zero-order chi connectivity index (χ0) is 17.0. The molecule has 0 saturated heterocycles. The van der Waals surface area contributed by atoms with E-state index in [4.69, 9.17) is 33.7 Å². The molecule has 3 N–H and O–H groups in total. The highest BCUT2D eigenvalue weighted by Gasteiger charge is 2.17. The molecule has 1 amide bonds. The van der Waals surface area contributed by atoms with Gasteiger partial charge in [-0.25, -0.2) is 4.79 Å². The fraction of sp³-hybridized carbons (Fsp3) is 0.200. The lowest BCUT2D eigenvalue weighted by Gasteiger charge is -2.13. The lowest BCUT2D eigenvalue weighted by molar-refractivity contribution is -0.124. The predicted molar refractivity (Wildman–Crippen MR) is 92.0 cm³/mol. The number of thiophene rings is 1. The number of anilines is 1. The minimum Gasteiger partial charge on any atom is -0.452 e. The zero-order valence-corrected chi connectivity index (χ0v) is 14.5. The fourth-order valence-electron chi connectivity index (χ4n) is 1.85. The van der Waals surface area contributed by atoms with Crippen molar-refractivity contribution in [1.29, 1.82) is 0 Å². The summed E-state index contributed by atoms with van der Waals surface area (Å²) in [5.74, 6) is -1.17. The smallest absolute Gasteiger partial charge is 0.340 e. The molecule has 1 heterocycles. The Morgan fingerprint density at radius 1 is 1.39 bits per heavy atom. The second-order valence-electron chi connectivity index (χ2n) is 4.73. The fourth-order valence-corrected chi connectivity index (χ4v) is 3.08. The Morgan fingerprint density at radius 2 is 2.13 bits per heavy atom. The molecule has 8 heteroatoms. The highest BCUT2D eigenvalue weighted by molar-refractivity contribution is 7.10. The van der Waals surface area contributed by atoms with Gasteiger partial charge in [-0.2, -0.15) is 0 Å². The summed E-state index contributed by atoms with van der Waals surface area (Å²) in [6, 6.07) is 6.42. The van der Waals surface area contributed by atoms with Crippen LogP contribution in [0.15, 0.2) is 29.6 Å². The van der Waals surface area contributed by atoms with Gasteiger partial charge in [0.05, 0.1) is 22.3 Å². The summed E-state index contributed by atoms with van der Waals surface area (Å²) in [7, 11) is 0. The Hall–Kier alpha value is -1.76. The number of hydrogen-bond acceptors (Lipinski definition) is 5. The van der Waals surface area contributed by atoms with Crippen molar-refractivity contribution in [3.05, 3.63) is 50.1 Å². The van der Waals surface area contributed by atoms with Crippen molar-refractivity contribution < 1.29 is 14.3 Å². The van der Waals surface area contributed by atoms with Crippen molar-refractivity contribution >= 4 is 52.1 Å². The summed E-state index contributed by atoms with van der Waals surface area (Å²) in [4.78, 5) is 24.8. The minimum absolute atomic E-state index is 0.0293. The second kappa shape index (κ2) is 7.68. The Kier molecular flexibility index (Phi) is 5.87. The number of rotatable bonds is 5. The molecular formula is C15H14Cl2N2O3S. The van der Waals surface area contributed by atoms with Crippen molar-refractivity contribution in [2.75, 3.05) is 12.3 Å². The largest absolute Gasteiger partial charge is 0.452 e. The van der Waals surface area contributed by atoms with E-state index in [9.17, 15) is 9.59 Å². The monoisotopic (exact) mass is 372 g/mol. The molecule has 1 atom stereocenters. The number of hydrogen-bond donors (Lipinski definition) is 2. The Bertz CT molecular complexity index is 720. The average molecular weight is 373 g/mol. The average Bonchev–Trinajstić information content (AvgIpc) is 3.02. The highest BCUT2D eigenvalue weighted by atomic mass is 35.5. The van der Waals surface area contributed by atoms with Crippen LogP contribution in [0.25, 0.3) is 0 Å². The molecule has 122 valence electrons. The van der Waals surface area contributed by atoms with Crippen LogP contribution in [0.2, 0.25) is 10.0 Å². The van der Waals surface area contributed by atoms with Gasteiger partial charge in [-0.3, -0.25) is 4.79 Å². The van der Waals surface area contributed by atoms with Crippen LogP contribution in [-0.2, 0) is 9.53 Å². The van der Waals surface area contributed by atoms with Crippen molar-refractivity contribution in [2.24, 2.45) is 0 Å². The molecule has 0 radical (unpaired) electrons. The van der Waals surface area contributed by atoms with E-state index in [1.807, 2.05) is 24.4 Å². The summed E-state index contributed by atoms with van der Waals surface area (Å²) in [5, 5.41) is 5.07. The van der Waals surface area contributed by atoms with Gasteiger partial charge in [-0.05, 0) is 30.5 Å². The van der Waals surface area contributed by atoms with E-state index < -0.39 is 18.5 Å². The molecule has 0 spiro atoms. The number of ether oxygens (including phenoxy) is 1. The first-order chi connectivity index (χ1) is 10.9. The van der Waals surface area contributed by atoms with E-state index in [2.05, 4.69) is 5.32 Å². The first-order valence-electron chi connectivity index (χ1n) is 6.63. The van der Waals surface area contributed by atoms with Crippen LogP contribution in [0.5, 0.6) is 0 Å². The first kappa shape index (κ1) is 17.6. The van der Waals surface area contributed by atoms with Crippen LogP contribution >= 0.6 is 34.5 Å². The van der Waals surface area contributed by atoms with Crippen LogP contribution < -0.4 is 11.1 Å². The van der Waals surface area contributed by atoms with E-state index in [-0.39, 0.29) is 27.3 Å². The molecule has 0 bridgehead atoms. The van der Waals surface area contributed by atoms with Crippen LogP contribution in [-0.4, -0.2) is 18.5 Å². The molecule has 2 rings (SSSR count). The SMILES string of the molecule is C[C@@H](NC(=O)COC(=O)c1cc(Cl)cc(Cl)c1N)c1cccs1. The molecule has 0 saturated carbocycles. The number of halogens is 2. The number of esters is 1. The van der Waals surface area contributed by atoms with Gasteiger partial charge in [0.25, 0.3) is 5.91 Å². The van der Waals surface area contributed by atoms with Gasteiger partial charge < -0.3 is 15.8 Å². The van der Waals surface area contributed by atoms with Crippen molar-refractivity contribution in [1.82, 2.24) is 5.32 Å². The maximum atomic E-state index is 12.0. The third kappa shape index (κ3) is 4.60. The molecule has 0 aliphatic heterocycles. The Morgan fingerprint density at radius 3 is 2.78 bits per heavy atom. The highest BCUT2D eigenvalue weighted by Crippen LogP contribution is 2.28. The van der Waals surface area contributed by atoms with E-state index in [0.717, 1.165) is 4.88 Å². The molecule has 5 nitrogen and oxygen atoms in total. The van der Waals surface area contributed by atoms with Gasteiger partial charge in [0.15, 0.2) is 6.61 Å². The Labute approximate surface area is 147 Å². The normalized spacial score (nSPS) is 11.8. The van der Waals surface area contributed by atoms with Crippen LogP contribution in [0.4, 0.5) is 5.69 Å². The summed E-state index contributed by atoms with van der Waals surface area (Å²) < 4.78 is 4.95. The van der Waals surface area contributed by atoms with Gasteiger partial charge in [0.2, 0.25) is 0 Å². The lowest BCUT2D eigenvalue weighted by atomic mass is 10.2. The van der Waals surface area contributed by atoms with E-state index >= 15 is 0 Å². The van der Waals surface area contributed by atoms with Crippen molar-refractivity contribution in [3.63, 3.8) is 0 Å². The number of nitrogens with two attached hydrogens (primary N) is 1. The summed E-state index contributed by atoms with van der Waals surface area (Å²) in [6.45, 7) is 1.43. The number of nitrogen functional groups attached to an aromatic ring is 1. The molecular weight excluding hydrogens is 359 g/mol. The van der Waals surface area contributed by atoms with Gasteiger partial charge in [0.1, 0.15) is 0 Å². The summed E-state index contributed by atoms with van der Waals surface area (Å²) in [5.41, 5.74) is 5.81. The molecule has 0 unspecified atom stereocenters. The van der Waals surface area contributed by atoms with Gasteiger partial charge in [0, 0.05) is 9.90 Å². The molecule has 0 fully saturated rings. The zero-order valence-electron chi connectivity index (χ0n) is 12.1. The molecule has 0 aliphatic carbocycles. The minimum atomic E-state index is -0.758. The standard InChI is InChI=1S/C15H14Cl2N2O3S/c1-8(12-3-2-4-23-12)19-13(20)7-22-15(21)10-5-9(16)6-11(17)14(10)18/h2-6,8H,7,18H2,1H3,(H,19,20)/t8-/m1/s1. The van der Waals surface area contributed by atoms with Crippen LogP contribution in [0.1, 0.15) is 28.2 Å². The van der Waals surface area contributed by atoms with Crippen LogP contribution in [0.3, 0.4) is 0 Å². The van der Waals surface area contributed by atoms with Gasteiger partial charge >= 0.3 is 5.97 Å². The summed E-state index contributed by atoms with van der Waals surface area (Å²) in [6.07, 6.45) is 0. The van der Waals surface area contributed by atoms with E-state index in [0.29, 0.717) is 0 Å². The number of carbonyl (C=O) groups excluding carboxylic acids is 2. The second-order valence-corrected chi connectivity index (χ2v) is 6.55. The lowest BCUT2D eigenvalue weighted by Crippen LogP contribution is -2.30. The van der Waals surface area contributed by atoms with E-state index in [1.54, 1.807) is 0 Å². The quantitative estimate of drug-likeness (QED) is 0.619. The first-order valence-corrected chi connectivity index (χ1v) is 8.26. The number of benzene rings is 1. The van der Waals surface area contributed by atoms with E-state index in [1.165, 1.54) is 23.5 Å². The molecule has 1 aromatic carbocycles. The van der Waals surface area contributed by atoms with Crippen LogP contribution in [0, 0.1) is 0 Å². The Balaban J connectivity index is 1.93. The molecule has 2 aromatic rings. The summed E-state index contributed by atoms with van der Waals surface area (Å²) >= 11 is 13.2. The third-order valence-electron chi connectivity index (χ3n) is 3.00. The molecule has 1 aromatic heterocycles. The number of amides is 1. The van der Waals surface area contributed by atoms with Gasteiger partial charge in [-0.1, -0.05) is 29.3 Å². The maximum absolute atomic E-state index is 12.0. The third-order valence-corrected chi connectivity index (χ3v) is 4.58. The maximum Gasteiger partial charge on any atom is 0.340 e. The van der Waals surface area contributed by atoms with Crippen molar-refractivity contribution in [3.8, 4) is 0 Å². The molecule has 0 aliphatic rings.